The zero-order chi connectivity index (χ0) is 30.8. The van der Waals surface area contributed by atoms with Crippen molar-refractivity contribution in [2.75, 3.05) is 11.3 Å². The van der Waals surface area contributed by atoms with Crippen molar-refractivity contribution in [2.45, 2.75) is 45.3 Å². The zero-order valence-electron chi connectivity index (χ0n) is 24.3. The summed E-state index contributed by atoms with van der Waals surface area (Å²) in [5, 5.41) is 8.67. The van der Waals surface area contributed by atoms with E-state index < -0.39 is 34.9 Å². The summed E-state index contributed by atoms with van der Waals surface area (Å²) in [7, 11) is 0. The number of anilines is 1. The minimum Gasteiger partial charge on any atom is -0.444 e. The highest BCUT2D eigenvalue weighted by molar-refractivity contribution is 7.80. The highest BCUT2D eigenvalue weighted by atomic mass is 32.2. The Balaban J connectivity index is 1.58. The van der Waals surface area contributed by atoms with Crippen molar-refractivity contribution in [3.63, 3.8) is 0 Å². The number of carbonyl (C=O) groups excluding carboxylic acids is 2. The molecule has 1 unspecified atom stereocenters. The second-order valence-electron chi connectivity index (χ2n) is 11.0. The van der Waals surface area contributed by atoms with Gasteiger partial charge in [0.2, 0.25) is 5.91 Å². The fourth-order valence-corrected chi connectivity index (χ4v) is 5.62. The average molecular weight is 621 g/mol. The number of amides is 2. The number of hydrogen-bond donors (Lipinski definition) is 4. The SMILES string of the molecule is CC(C)(C)OC(=O)NC[C@H](Cc1ccccc1)C(=O)N[C@@H](Cc1ccc(NS(=O)O)cc1)c1nc(-c2ccccc2)cs1. The van der Waals surface area contributed by atoms with Crippen LogP contribution in [0.2, 0.25) is 0 Å². The monoisotopic (exact) mass is 620 g/mol. The third-order valence-electron chi connectivity index (χ3n) is 6.39. The number of aromatic nitrogens is 1. The third-order valence-corrected chi connectivity index (χ3v) is 7.76. The Labute approximate surface area is 258 Å². The molecule has 3 aromatic carbocycles. The van der Waals surface area contributed by atoms with E-state index in [1.807, 2.05) is 78.2 Å². The van der Waals surface area contributed by atoms with E-state index in [1.165, 1.54) is 11.3 Å². The van der Waals surface area contributed by atoms with Gasteiger partial charge in [-0.05, 0) is 56.9 Å². The molecule has 0 saturated carbocycles. The molecular weight excluding hydrogens is 585 g/mol. The Morgan fingerprint density at radius 3 is 2.19 bits per heavy atom. The van der Waals surface area contributed by atoms with Gasteiger partial charge >= 0.3 is 6.09 Å². The Bertz CT molecular complexity index is 1510. The molecule has 0 aliphatic heterocycles. The molecule has 0 aliphatic carbocycles. The maximum atomic E-state index is 13.9. The Hall–Kier alpha value is -4.06. The van der Waals surface area contributed by atoms with Crippen molar-refractivity contribution >= 4 is 40.3 Å². The van der Waals surface area contributed by atoms with Crippen molar-refractivity contribution < 1.29 is 23.1 Å². The summed E-state index contributed by atoms with van der Waals surface area (Å²) >= 11 is -0.711. The Morgan fingerprint density at radius 1 is 0.930 bits per heavy atom. The number of carbonyl (C=O) groups is 2. The van der Waals surface area contributed by atoms with Crippen molar-refractivity contribution in [3.05, 3.63) is 106 Å². The van der Waals surface area contributed by atoms with Gasteiger partial charge in [0.05, 0.1) is 17.7 Å². The fourth-order valence-electron chi connectivity index (χ4n) is 4.40. The maximum absolute atomic E-state index is 13.9. The number of thiazole rings is 1. The minimum absolute atomic E-state index is 0.0914. The van der Waals surface area contributed by atoms with Crippen molar-refractivity contribution in [1.82, 2.24) is 15.6 Å². The summed E-state index contributed by atoms with van der Waals surface area (Å²) < 4.78 is 28.1. The Morgan fingerprint density at radius 2 is 1.56 bits per heavy atom. The van der Waals surface area contributed by atoms with Crippen LogP contribution in [0.25, 0.3) is 11.3 Å². The summed E-state index contributed by atoms with van der Waals surface area (Å²) in [5.41, 5.74) is 3.51. The molecule has 0 bridgehead atoms. The highest BCUT2D eigenvalue weighted by Gasteiger charge is 2.26. The van der Waals surface area contributed by atoms with Gasteiger partial charge in [-0.15, -0.1) is 11.3 Å². The maximum Gasteiger partial charge on any atom is 0.407 e. The number of hydrogen-bond acceptors (Lipinski definition) is 6. The highest BCUT2D eigenvalue weighted by Crippen LogP contribution is 2.28. The number of nitrogens with zero attached hydrogens (tertiary/aromatic N) is 1. The van der Waals surface area contributed by atoms with Gasteiger partial charge < -0.3 is 15.4 Å². The number of ether oxygens (including phenoxy) is 1. The van der Waals surface area contributed by atoms with Gasteiger partial charge in [-0.3, -0.25) is 14.1 Å². The zero-order valence-corrected chi connectivity index (χ0v) is 25.9. The van der Waals surface area contributed by atoms with E-state index >= 15 is 0 Å². The molecule has 4 rings (SSSR count). The predicted octanol–water partition coefficient (Wildman–Crippen LogP) is 6.14. The normalized spacial score (nSPS) is 13.4. The number of benzene rings is 3. The van der Waals surface area contributed by atoms with E-state index in [0.29, 0.717) is 18.5 Å². The molecule has 11 heteroatoms. The van der Waals surface area contributed by atoms with Crippen LogP contribution >= 0.6 is 11.3 Å². The lowest BCUT2D eigenvalue weighted by Crippen LogP contribution is -2.43. The van der Waals surface area contributed by atoms with Crippen LogP contribution in [0, 0.1) is 5.92 Å². The first kappa shape index (κ1) is 31.9. The van der Waals surface area contributed by atoms with Crippen LogP contribution in [0.5, 0.6) is 0 Å². The van der Waals surface area contributed by atoms with E-state index in [-0.39, 0.29) is 12.5 Å². The first-order chi connectivity index (χ1) is 20.6. The summed E-state index contributed by atoms with van der Waals surface area (Å²) in [4.78, 5) is 31.2. The molecule has 43 heavy (non-hydrogen) atoms. The predicted molar refractivity (Wildman–Crippen MR) is 171 cm³/mol. The molecule has 1 aromatic heterocycles. The molecule has 0 fully saturated rings. The van der Waals surface area contributed by atoms with Gasteiger partial charge in [-0.25, -0.2) is 14.0 Å². The van der Waals surface area contributed by atoms with Crippen LogP contribution in [0.1, 0.15) is 42.9 Å². The molecular formula is C32H36N4O5S2. The third kappa shape index (κ3) is 10.3. The molecule has 4 aromatic rings. The van der Waals surface area contributed by atoms with Gasteiger partial charge in [-0.2, -0.15) is 0 Å². The molecule has 4 N–H and O–H groups in total. The summed E-state index contributed by atoms with van der Waals surface area (Å²) in [5.74, 6) is -0.799. The van der Waals surface area contributed by atoms with Crippen molar-refractivity contribution in [2.24, 2.45) is 5.92 Å². The molecule has 1 heterocycles. The quantitative estimate of drug-likeness (QED) is 0.141. The molecule has 0 aliphatic rings. The smallest absolute Gasteiger partial charge is 0.407 e. The number of alkyl carbamates (subject to hydrolysis) is 1. The van der Waals surface area contributed by atoms with Crippen LogP contribution in [-0.2, 0) is 33.6 Å². The second kappa shape index (κ2) is 14.9. The van der Waals surface area contributed by atoms with Crippen molar-refractivity contribution in [1.29, 1.82) is 0 Å². The van der Waals surface area contributed by atoms with Gasteiger partial charge in [-0.1, -0.05) is 72.8 Å². The number of nitrogens with one attached hydrogen (secondary N) is 3. The molecule has 0 radical (unpaired) electrons. The first-order valence-electron chi connectivity index (χ1n) is 13.8. The minimum atomic E-state index is -2.17. The van der Waals surface area contributed by atoms with Crippen molar-refractivity contribution in [3.8, 4) is 11.3 Å². The van der Waals surface area contributed by atoms with E-state index in [1.54, 1.807) is 32.9 Å². The Kier molecular flexibility index (Phi) is 11.0. The fraction of sp³-hybridized carbons (Fsp3) is 0.281. The van der Waals surface area contributed by atoms with E-state index in [9.17, 15) is 13.8 Å². The van der Waals surface area contributed by atoms with Crippen LogP contribution < -0.4 is 15.4 Å². The average Bonchev–Trinajstić information content (AvgIpc) is 3.46. The molecule has 2 amide bonds. The second-order valence-corrected chi connectivity index (χ2v) is 12.6. The van der Waals surface area contributed by atoms with Crippen LogP contribution in [0.4, 0.5) is 10.5 Å². The standard InChI is InChI=1S/C32H36N4O5S2/c1-32(2,3)41-31(38)33-20-25(18-22-10-6-4-7-11-22)29(37)34-27(19-23-14-16-26(17-15-23)36-43(39)40)30-35-28(21-42-30)24-12-8-5-9-13-24/h4-17,21,25,27,36H,18-20H2,1-3H3,(H,33,38)(H,34,37)(H,39,40)/t25-,27-/m0/s1. The van der Waals surface area contributed by atoms with Gasteiger partial charge in [0.15, 0.2) is 0 Å². The van der Waals surface area contributed by atoms with E-state index in [4.69, 9.17) is 14.3 Å². The van der Waals surface area contributed by atoms with Gasteiger partial charge in [0, 0.05) is 23.2 Å². The topological polar surface area (TPSA) is 130 Å². The molecule has 226 valence electrons. The van der Waals surface area contributed by atoms with E-state index in [2.05, 4.69) is 15.4 Å². The first-order valence-corrected chi connectivity index (χ1v) is 15.8. The van der Waals surface area contributed by atoms with Gasteiger partial charge in [0.25, 0.3) is 11.3 Å². The number of rotatable bonds is 12. The lowest BCUT2D eigenvalue weighted by Gasteiger charge is -2.24. The summed E-state index contributed by atoms with van der Waals surface area (Å²) in [6.45, 7) is 5.45. The van der Waals surface area contributed by atoms with Crippen LogP contribution in [-0.4, -0.2) is 37.9 Å². The molecule has 0 spiro atoms. The van der Waals surface area contributed by atoms with Gasteiger partial charge in [0.1, 0.15) is 10.6 Å². The van der Waals surface area contributed by atoms with Crippen LogP contribution in [0.15, 0.2) is 90.3 Å². The van der Waals surface area contributed by atoms with Crippen LogP contribution in [0.3, 0.4) is 0 Å². The molecule has 3 atom stereocenters. The summed E-state index contributed by atoms with van der Waals surface area (Å²) in [6.07, 6.45) is 0.272. The summed E-state index contributed by atoms with van der Waals surface area (Å²) in [6, 6.07) is 26.1. The largest absolute Gasteiger partial charge is 0.444 e. The lowest BCUT2D eigenvalue weighted by molar-refractivity contribution is -0.125. The molecule has 0 saturated heterocycles. The van der Waals surface area contributed by atoms with E-state index in [0.717, 1.165) is 27.4 Å². The lowest BCUT2D eigenvalue weighted by atomic mass is 9.97. The molecule has 9 nitrogen and oxygen atoms in total.